The predicted octanol–water partition coefficient (Wildman–Crippen LogP) is 5.81. The van der Waals surface area contributed by atoms with E-state index in [0.29, 0.717) is 6.61 Å². The van der Waals surface area contributed by atoms with Crippen molar-refractivity contribution in [2.24, 2.45) is 0 Å². The second kappa shape index (κ2) is 9.79. The lowest BCUT2D eigenvalue weighted by atomic mass is 9.88. The quantitative estimate of drug-likeness (QED) is 0.546. The van der Waals surface area contributed by atoms with Gasteiger partial charge in [-0.05, 0) is 54.9 Å². The number of halogens is 3. The number of likely N-dealkylation sites (N-methyl/N-ethyl adjacent to an activating group) is 1. The second-order valence-electron chi connectivity index (χ2n) is 6.31. The molecular weight excluding hydrogens is 351 g/mol. The number of alkyl halides is 3. The van der Waals surface area contributed by atoms with Crippen molar-refractivity contribution in [3.63, 3.8) is 0 Å². The van der Waals surface area contributed by atoms with E-state index in [0.717, 1.165) is 61.0 Å². The van der Waals surface area contributed by atoms with Crippen molar-refractivity contribution in [3.05, 3.63) is 71.1 Å². The molecule has 0 N–H and O–H groups in total. The molecule has 0 saturated heterocycles. The summed E-state index contributed by atoms with van der Waals surface area (Å²) in [5, 5.41) is 0. The summed E-state index contributed by atoms with van der Waals surface area (Å²) in [5.74, 6) is 1.81. The maximum absolute atomic E-state index is 12.7. The fourth-order valence-corrected chi connectivity index (χ4v) is 3.02. The van der Waals surface area contributed by atoms with Gasteiger partial charge >= 0.3 is 6.18 Å². The zero-order valence-electron chi connectivity index (χ0n) is 16.1. The molecule has 0 bridgehead atoms. The van der Waals surface area contributed by atoms with E-state index in [2.05, 4.69) is 18.7 Å². The molecule has 0 saturated carbocycles. The average molecular weight is 378 g/mol. The van der Waals surface area contributed by atoms with Crippen LogP contribution >= 0.6 is 0 Å². The number of rotatable bonds is 9. The van der Waals surface area contributed by atoms with Gasteiger partial charge in [0.25, 0.3) is 0 Å². The summed E-state index contributed by atoms with van der Waals surface area (Å²) in [7, 11) is 0. The van der Waals surface area contributed by atoms with Crippen molar-refractivity contribution in [2.75, 3.05) is 26.2 Å². The van der Waals surface area contributed by atoms with Gasteiger partial charge in [-0.3, -0.25) is 0 Å². The molecule has 1 radical (unpaired) electrons. The first kappa shape index (κ1) is 21.3. The van der Waals surface area contributed by atoms with Crippen LogP contribution in [0.5, 0.6) is 5.75 Å². The number of nitrogens with zero attached hydrogens (tertiary/aromatic N) is 1. The lowest BCUT2D eigenvalue weighted by Gasteiger charge is -2.19. The molecule has 5 heteroatoms. The van der Waals surface area contributed by atoms with Gasteiger partial charge in [-0.2, -0.15) is 13.2 Å². The van der Waals surface area contributed by atoms with Crippen LogP contribution in [0.15, 0.2) is 48.5 Å². The van der Waals surface area contributed by atoms with Gasteiger partial charge in [-0.25, -0.2) is 0 Å². The van der Waals surface area contributed by atoms with Gasteiger partial charge < -0.3 is 9.64 Å². The van der Waals surface area contributed by atoms with E-state index in [9.17, 15) is 13.2 Å². The first-order valence-electron chi connectivity index (χ1n) is 9.38. The predicted molar refractivity (Wildman–Crippen MR) is 103 cm³/mol. The Hall–Kier alpha value is -2.01. The van der Waals surface area contributed by atoms with Crippen molar-refractivity contribution in [1.82, 2.24) is 4.90 Å². The zero-order valence-corrected chi connectivity index (χ0v) is 16.1. The fraction of sp³-hybridized carbons (Fsp3) is 0.409. The molecule has 0 amide bonds. The van der Waals surface area contributed by atoms with Crippen molar-refractivity contribution in [1.29, 1.82) is 0 Å². The van der Waals surface area contributed by atoms with Gasteiger partial charge in [0.1, 0.15) is 12.4 Å². The van der Waals surface area contributed by atoms with Crippen LogP contribution in [-0.4, -0.2) is 31.1 Å². The molecule has 2 nitrogen and oxygen atoms in total. The van der Waals surface area contributed by atoms with E-state index in [1.807, 2.05) is 31.2 Å². The Morgan fingerprint density at radius 1 is 0.852 bits per heavy atom. The first-order valence-corrected chi connectivity index (χ1v) is 9.38. The zero-order chi connectivity index (χ0) is 19.9. The standard InChI is InChI=1S/C22H27F3NO/c1-4-21(17-7-11-19(12-8-17)22(23,24)25)18-9-13-20(14-10-18)27-16-15-26(5-2)6-3/h7-14H,4-6,15-16H2,1-3H3. The molecule has 0 aliphatic carbocycles. The SMILES string of the molecule is CC[C](c1ccc(OCCN(CC)CC)cc1)c1ccc(C(F)(F)F)cc1. The summed E-state index contributed by atoms with van der Waals surface area (Å²) >= 11 is 0. The van der Waals surface area contributed by atoms with Gasteiger partial charge in [-0.15, -0.1) is 0 Å². The first-order chi connectivity index (χ1) is 12.9. The molecular formula is C22H27F3NO. The monoisotopic (exact) mass is 378 g/mol. The van der Waals surface area contributed by atoms with Crippen molar-refractivity contribution < 1.29 is 17.9 Å². The Morgan fingerprint density at radius 3 is 1.81 bits per heavy atom. The third-order valence-corrected chi connectivity index (χ3v) is 4.69. The Kier molecular flexibility index (Phi) is 7.72. The normalized spacial score (nSPS) is 12.0. The molecule has 0 heterocycles. The number of hydrogen-bond donors (Lipinski definition) is 0. The summed E-state index contributed by atoms with van der Waals surface area (Å²) in [6.45, 7) is 9.77. The van der Waals surface area contributed by atoms with Gasteiger partial charge in [0.15, 0.2) is 0 Å². The van der Waals surface area contributed by atoms with E-state index < -0.39 is 11.7 Å². The van der Waals surface area contributed by atoms with Crippen molar-refractivity contribution >= 4 is 0 Å². The summed E-state index contributed by atoms with van der Waals surface area (Å²) in [5.41, 5.74) is 1.17. The van der Waals surface area contributed by atoms with E-state index in [-0.39, 0.29) is 0 Å². The Morgan fingerprint density at radius 2 is 1.37 bits per heavy atom. The van der Waals surface area contributed by atoms with Gasteiger partial charge in [0.2, 0.25) is 0 Å². The Balaban J connectivity index is 2.03. The largest absolute Gasteiger partial charge is 0.492 e. The molecule has 147 valence electrons. The van der Waals surface area contributed by atoms with Crippen LogP contribution in [0.3, 0.4) is 0 Å². The van der Waals surface area contributed by atoms with E-state index in [4.69, 9.17) is 4.74 Å². The number of ether oxygens (including phenoxy) is 1. The summed E-state index contributed by atoms with van der Waals surface area (Å²) in [6, 6.07) is 13.1. The second-order valence-corrected chi connectivity index (χ2v) is 6.31. The minimum Gasteiger partial charge on any atom is -0.492 e. The van der Waals surface area contributed by atoms with Crippen LogP contribution in [0.2, 0.25) is 0 Å². The van der Waals surface area contributed by atoms with E-state index in [1.165, 1.54) is 12.1 Å². The van der Waals surface area contributed by atoms with Crippen LogP contribution in [0, 0.1) is 5.92 Å². The van der Waals surface area contributed by atoms with Gasteiger partial charge in [-0.1, -0.05) is 45.0 Å². The lowest BCUT2D eigenvalue weighted by Crippen LogP contribution is -2.27. The highest BCUT2D eigenvalue weighted by atomic mass is 19.4. The minimum atomic E-state index is -4.31. The Bertz CT molecular complexity index is 676. The topological polar surface area (TPSA) is 12.5 Å². The van der Waals surface area contributed by atoms with Gasteiger partial charge in [0, 0.05) is 12.5 Å². The molecule has 27 heavy (non-hydrogen) atoms. The Labute approximate surface area is 160 Å². The maximum Gasteiger partial charge on any atom is 0.416 e. The van der Waals surface area contributed by atoms with Crippen LogP contribution in [-0.2, 0) is 6.18 Å². The smallest absolute Gasteiger partial charge is 0.416 e. The van der Waals surface area contributed by atoms with Crippen molar-refractivity contribution in [2.45, 2.75) is 33.4 Å². The fourth-order valence-electron chi connectivity index (χ4n) is 3.02. The number of benzene rings is 2. The van der Waals surface area contributed by atoms with Gasteiger partial charge in [0.05, 0.1) is 5.56 Å². The average Bonchev–Trinajstić information content (AvgIpc) is 2.67. The third kappa shape index (κ3) is 5.99. The molecule has 0 aliphatic heterocycles. The summed E-state index contributed by atoms with van der Waals surface area (Å²) in [6.07, 6.45) is -3.58. The molecule has 0 fully saturated rings. The van der Waals surface area contributed by atoms with Crippen LogP contribution in [0.1, 0.15) is 43.9 Å². The molecule has 0 aliphatic rings. The van der Waals surface area contributed by atoms with Crippen LogP contribution in [0.4, 0.5) is 13.2 Å². The third-order valence-electron chi connectivity index (χ3n) is 4.69. The molecule has 0 spiro atoms. The minimum absolute atomic E-state index is 0.626. The highest BCUT2D eigenvalue weighted by molar-refractivity contribution is 5.47. The molecule has 2 rings (SSSR count). The van der Waals surface area contributed by atoms with E-state index >= 15 is 0 Å². The molecule has 0 aromatic heterocycles. The molecule has 0 atom stereocenters. The maximum atomic E-state index is 12.7. The van der Waals surface area contributed by atoms with Crippen LogP contribution < -0.4 is 4.74 Å². The molecule has 2 aromatic rings. The molecule has 0 unspecified atom stereocenters. The number of hydrogen-bond acceptors (Lipinski definition) is 2. The molecule has 2 aromatic carbocycles. The highest BCUT2D eigenvalue weighted by Gasteiger charge is 2.30. The van der Waals surface area contributed by atoms with E-state index in [1.54, 1.807) is 0 Å². The lowest BCUT2D eigenvalue weighted by molar-refractivity contribution is -0.137. The summed E-state index contributed by atoms with van der Waals surface area (Å²) < 4.78 is 44.0. The van der Waals surface area contributed by atoms with Crippen LogP contribution in [0.25, 0.3) is 0 Å². The highest BCUT2D eigenvalue weighted by Crippen LogP contribution is 2.32. The van der Waals surface area contributed by atoms with Crippen molar-refractivity contribution in [3.8, 4) is 5.75 Å². The summed E-state index contributed by atoms with van der Waals surface area (Å²) in [4.78, 5) is 2.29.